The van der Waals surface area contributed by atoms with E-state index in [1.165, 1.54) is 11.9 Å². The molecule has 0 saturated heterocycles. The first kappa shape index (κ1) is 15.3. The van der Waals surface area contributed by atoms with E-state index < -0.39 is 0 Å². The Kier molecular flexibility index (Phi) is 7.44. The third kappa shape index (κ3) is 5.62. The molecule has 0 aliphatic heterocycles. The van der Waals surface area contributed by atoms with Gasteiger partial charge < -0.3 is 4.74 Å². The smallest absolute Gasteiger partial charge is 0.118 e. The second-order valence-electron chi connectivity index (χ2n) is 3.41. The van der Waals surface area contributed by atoms with Gasteiger partial charge in [0.1, 0.15) is 5.75 Å². The Hall–Kier alpha value is -1.74. The van der Waals surface area contributed by atoms with Crippen molar-refractivity contribution >= 4 is 18.2 Å². The highest BCUT2D eigenvalue weighted by atomic mass is 32.2. The molecular formula is C16H19NOS. The molecule has 0 bridgehead atoms. The average molecular weight is 273 g/mol. The van der Waals surface area contributed by atoms with E-state index in [0.29, 0.717) is 0 Å². The summed E-state index contributed by atoms with van der Waals surface area (Å²) in [6.45, 7) is 4.00. The van der Waals surface area contributed by atoms with Gasteiger partial charge in [0.15, 0.2) is 0 Å². The summed E-state index contributed by atoms with van der Waals surface area (Å²) in [6.07, 6.45) is 1.84. The largest absolute Gasteiger partial charge is 0.497 e. The van der Waals surface area contributed by atoms with Gasteiger partial charge in [0.2, 0.25) is 0 Å². The van der Waals surface area contributed by atoms with Gasteiger partial charge in [-0.2, -0.15) is 0 Å². The summed E-state index contributed by atoms with van der Waals surface area (Å²) in [7, 11) is 1.66. The molecule has 0 aliphatic carbocycles. The first-order valence-corrected chi connectivity index (χ1v) is 7.05. The van der Waals surface area contributed by atoms with E-state index in [2.05, 4.69) is 4.40 Å². The SMILES string of the molecule is CC.COc1ccc(/C=N/Sc2ccccc2)cc1. The van der Waals surface area contributed by atoms with Crippen molar-refractivity contribution in [1.29, 1.82) is 0 Å². The third-order valence-electron chi connectivity index (χ3n) is 2.22. The number of hydrogen-bond donors (Lipinski definition) is 0. The fourth-order valence-corrected chi connectivity index (χ4v) is 1.89. The summed E-state index contributed by atoms with van der Waals surface area (Å²) in [6, 6.07) is 17.9. The van der Waals surface area contributed by atoms with Crippen molar-refractivity contribution in [3.8, 4) is 5.75 Å². The van der Waals surface area contributed by atoms with E-state index in [-0.39, 0.29) is 0 Å². The fraction of sp³-hybridized carbons (Fsp3) is 0.188. The quantitative estimate of drug-likeness (QED) is 0.587. The van der Waals surface area contributed by atoms with Gasteiger partial charge in [-0.25, -0.2) is 4.40 Å². The van der Waals surface area contributed by atoms with E-state index in [4.69, 9.17) is 4.74 Å². The van der Waals surface area contributed by atoms with Crippen LogP contribution in [0.3, 0.4) is 0 Å². The molecule has 2 rings (SSSR count). The predicted octanol–water partition coefficient (Wildman–Crippen LogP) is 4.85. The third-order valence-corrected chi connectivity index (χ3v) is 2.91. The fourth-order valence-electron chi connectivity index (χ4n) is 1.32. The summed E-state index contributed by atoms with van der Waals surface area (Å²) in [5, 5.41) is 0. The van der Waals surface area contributed by atoms with Gasteiger partial charge in [-0.15, -0.1) is 0 Å². The van der Waals surface area contributed by atoms with Crippen molar-refractivity contribution in [3.63, 3.8) is 0 Å². The minimum Gasteiger partial charge on any atom is -0.497 e. The zero-order chi connectivity index (χ0) is 13.9. The minimum atomic E-state index is 0.859. The van der Waals surface area contributed by atoms with Gasteiger partial charge in [0.05, 0.1) is 7.11 Å². The summed E-state index contributed by atoms with van der Waals surface area (Å²) < 4.78 is 9.41. The van der Waals surface area contributed by atoms with Crippen LogP contribution in [0.5, 0.6) is 5.75 Å². The van der Waals surface area contributed by atoms with Crippen LogP contribution in [0, 0.1) is 0 Å². The van der Waals surface area contributed by atoms with Crippen molar-refractivity contribution < 1.29 is 4.74 Å². The van der Waals surface area contributed by atoms with E-state index in [1.54, 1.807) is 7.11 Å². The molecule has 2 aromatic carbocycles. The van der Waals surface area contributed by atoms with Crippen molar-refractivity contribution in [2.45, 2.75) is 18.7 Å². The van der Waals surface area contributed by atoms with E-state index >= 15 is 0 Å². The molecule has 0 saturated carbocycles. The lowest BCUT2D eigenvalue weighted by atomic mass is 10.2. The topological polar surface area (TPSA) is 21.6 Å². The predicted molar refractivity (Wildman–Crippen MR) is 84.2 cm³/mol. The van der Waals surface area contributed by atoms with Crippen LogP contribution in [-0.4, -0.2) is 13.3 Å². The molecule has 0 aromatic heterocycles. The molecule has 0 unspecified atom stereocenters. The maximum Gasteiger partial charge on any atom is 0.118 e. The van der Waals surface area contributed by atoms with Crippen LogP contribution >= 0.6 is 11.9 Å². The number of methoxy groups -OCH3 is 1. The lowest BCUT2D eigenvalue weighted by molar-refractivity contribution is 0.415. The minimum absolute atomic E-state index is 0.859. The van der Waals surface area contributed by atoms with Crippen molar-refractivity contribution in [2.24, 2.45) is 4.40 Å². The highest BCUT2D eigenvalue weighted by Gasteiger charge is 1.91. The van der Waals surface area contributed by atoms with E-state index in [0.717, 1.165) is 16.2 Å². The maximum absolute atomic E-state index is 5.09. The van der Waals surface area contributed by atoms with Gasteiger partial charge in [-0.05, 0) is 42.0 Å². The molecule has 0 atom stereocenters. The Balaban J connectivity index is 0.000000861. The molecule has 0 fully saturated rings. The first-order valence-electron chi connectivity index (χ1n) is 6.28. The van der Waals surface area contributed by atoms with Gasteiger partial charge >= 0.3 is 0 Å². The van der Waals surface area contributed by atoms with Crippen LogP contribution in [0.4, 0.5) is 0 Å². The summed E-state index contributed by atoms with van der Waals surface area (Å²) in [5.74, 6) is 0.859. The van der Waals surface area contributed by atoms with Crippen LogP contribution in [0.25, 0.3) is 0 Å². The normalized spacial score (nSPS) is 9.84. The Labute approximate surface area is 119 Å². The van der Waals surface area contributed by atoms with Gasteiger partial charge in [-0.1, -0.05) is 32.0 Å². The lowest BCUT2D eigenvalue weighted by Crippen LogP contribution is -1.83. The van der Waals surface area contributed by atoms with Crippen LogP contribution in [0.2, 0.25) is 0 Å². The monoisotopic (exact) mass is 273 g/mol. The molecule has 0 amide bonds. The second-order valence-corrected chi connectivity index (χ2v) is 4.28. The Morgan fingerprint density at radius 1 is 0.947 bits per heavy atom. The summed E-state index contributed by atoms with van der Waals surface area (Å²) >= 11 is 1.46. The van der Waals surface area contributed by atoms with Gasteiger partial charge in [-0.3, -0.25) is 0 Å². The Morgan fingerprint density at radius 2 is 1.58 bits per heavy atom. The zero-order valence-corrected chi connectivity index (χ0v) is 12.4. The molecule has 0 aliphatic rings. The number of hydrogen-bond acceptors (Lipinski definition) is 3. The highest BCUT2D eigenvalue weighted by Crippen LogP contribution is 2.18. The van der Waals surface area contributed by atoms with Crippen LogP contribution in [-0.2, 0) is 0 Å². The van der Waals surface area contributed by atoms with Gasteiger partial charge in [0, 0.05) is 23.1 Å². The van der Waals surface area contributed by atoms with Crippen LogP contribution < -0.4 is 4.74 Å². The van der Waals surface area contributed by atoms with Crippen molar-refractivity contribution in [3.05, 3.63) is 60.2 Å². The zero-order valence-electron chi connectivity index (χ0n) is 11.5. The molecule has 19 heavy (non-hydrogen) atoms. The average Bonchev–Trinajstić information content (AvgIpc) is 2.51. The van der Waals surface area contributed by atoms with Crippen LogP contribution in [0.1, 0.15) is 19.4 Å². The molecule has 2 aromatic rings. The van der Waals surface area contributed by atoms with Crippen LogP contribution in [0.15, 0.2) is 63.9 Å². The maximum atomic E-state index is 5.09. The summed E-state index contributed by atoms with van der Waals surface area (Å²) in [4.78, 5) is 1.14. The second kappa shape index (κ2) is 9.22. The Bertz CT molecular complexity index is 480. The molecule has 100 valence electrons. The van der Waals surface area contributed by atoms with E-state index in [9.17, 15) is 0 Å². The molecule has 0 heterocycles. The number of ether oxygens (including phenoxy) is 1. The number of benzene rings is 2. The molecule has 0 N–H and O–H groups in total. The molecule has 0 radical (unpaired) electrons. The molecule has 0 spiro atoms. The molecular weight excluding hydrogens is 254 g/mol. The highest BCUT2D eigenvalue weighted by molar-refractivity contribution is 7.98. The van der Waals surface area contributed by atoms with E-state index in [1.807, 2.05) is 74.7 Å². The number of nitrogens with zero attached hydrogens (tertiary/aromatic N) is 1. The molecule has 2 nitrogen and oxygen atoms in total. The molecule has 3 heteroatoms. The number of rotatable bonds is 4. The first-order chi connectivity index (χ1) is 9.38. The standard InChI is InChI=1S/C14H13NOS.C2H6/c1-16-13-9-7-12(8-10-13)11-15-17-14-5-3-2-4-6-14;1-2/h2-11H,1H3;1-2H3/b15-11+;. The lowest BCUT2D eigenvalue weighted by Gasteiger charge is -1.98. The van der Waals surface area contributed by atoms with Crippen molar-refractivity contribution in [1.82, 2.24) is 0 Å². The summed E-state index contributed by atoms with van der Waals surface area (Å²) in [5.41, 5.74) is 1.06. The Morgan fingerprint density at radius 3 is 2.16 bits per heavy atom. The van der Waals surface area contributed by atoms with Crippen molar-refractivity contribution in [2.75, 3.05) is 7.11 Å². The van der Waals surface area contributed by atoms with Gasteiger partial charge in [0.25, 0.3) is 0 Å².